The second-order valence-corrected chi connectivity index (χ2v) is 1.87. The zero-order valence-corrected chi connectivity index (χ0v) is 5.85. The van der Waals surface area contributed by atoms with Crippen LogP contribution in [0.5, 0.6) is 0 Å². The summed E-state index contributed by atoms with van der Waals surface area (Å²) in [5.74, 6) is 2.62. The number of hydrogen-bond acceptors (Lipinski definition) is 2. The largest absolute Gasteiger partial charge is 0.329 e. The van der Waals surface area contributed by atoms with Crippen LogP contribution in [0, 0.1) is 12.3 Å². The summed E-state index contributed by atoms with van der Waals surface area (Å²) in [6, 6.07) is 0.202. The van der Waals surface area contributed by atoms with E-state index in [2.05, 4.69) is 11.2 Å². The van der Waals surface area contributed by atoms with Crippen LogP contribution >= 0.6 is 0 Å². The van der Waals surface area contributed by atoms with Gasteiger partial charge in [0.05, 0.1) is 6.04 Å². The van der Waals surface area contributed by atoms with Crippen LogP contribution in [0.4, 0.5) is 0 Å². The van der Waals surface area contributed by atoms with Crippen LogP contribution in [0.1, 0.15) is 13.3 Å². The molecular formula is C7H14N2. The summed E-state index contributed by atoms with van der Waals surface area (Å²) in [7, 11) is 0. The Kier molecular flexibility index (Phi) is 5.29. The Bertz CT molecular complexity index is 93.6. The monoisotopic (exact) mass is 126 g/mol. The molecule has 0 aromatic heterocycles. The predicted octanol–water partition coefficient (Wildman–Crippen LogP) is -0.0535. The lowest BCUT2D eigenvalue weighted by Crippen LogP contribution is -2.31. The van der Waals surface area contributed by atoms with Gasteiger partial charge in [0.25, 0.3) is 0 Å². The van der Waals surface area contributed by atoms with Crippen molar-refractivity contribution in [3.8, 4) is 12.3 Å². The van der Waals surface area contributed by atoms with Crippen molar-refractivity contribution in [3.63, 3.8) is 0 Å². The molecule has 0 amide bonds. The molecule has 1 unspecified atom stereocenters. The summed E-state index contributed by atoms with van der Waals surface area (Å²) >= 11 is 0. The fourth-order valence-corrected chi connectivity index (χ4v) is 0.579. The number of rotatable bonds is 4. The fourth-order valence-electron chi connectivity index (χ4n) is 0.579. The van der Waals surface area contributed by atoms with Crippen LogP contribution in [-0.2, 0) is 0 Å². The zero-order valence-electron chi connectivity index (χ0n) is 5.85. The third-order valence-electron chi connectivity index (χ3n) is 1.14. The molecule has 0 heterocycles. The minimum Gasteiger partial charge on any atom is -0.329 e. The lowest BCUT2D eigenvalue weighted by atomic mass is 10.2. The van der Waals surface area contributed by atoms with E-state index < -0.39 is 0 Å². The molecule has 0 bridgehead atoms. The molecule has 0 spiro atoms. The molecule has 3 N–H and O–H groups in total. The molecule has 0 aromatic rings. The highest BCUT2D eigenvalue weighted by molar-refractivity contribution is 4.97. The molecule has 0 aliphatic carbocycles. The van der Waals surface area contributed by atoms with E-state index in [-0.39, 0.29) is 6.04 Å². The Balaban J connectivity index is 3.23. The molecule has 2 nitrogen and oxygen atoms in total. The van der Waals surface area contributed by atoms with Crippen molar-refractivity contribution < 1.29 is 0 Å². The minimum atomic E-state index is 0.202. The van der Waals surface area contributed by atoms with Crippen molar-refractivity contribution in [2.45, 2.75) is 19.4 Å². The third kappa shape index (κ3) is 4.01. The van der Waals surface area contributed by atoms with E-state index in [1.54, 1.807) is 0 Å². The molecule has 0 fully saturated rings. The smallest absolute Gasteiger partial charge is 0.0684 e. The molecule has 0 rings (SSSR count). The van der Waals surface area contributed by atoms with Gasteiger partial charge in [-0.05, 0) is 6.42 Å². The number of nitrogens with one attached hydrogen (secondary N) is 1. The zero-order chi connectivity index (χ0) is 7.11. The van der Waals surface area contributed by atoms with Gasteiger partial charge in [-0.2, -0.15) is 0 Å². The quantitative estimate of drug-likeness (QED) is 0.518. The summed E-state index contributed by atoms with van der Waals surface area (Å²) in [5.41, 5.74) is 5.26. The molecule has 9 heavy (non-hydrogen) atoms. The van der Waals surface area contributed by atoms with E-state index in [0.29, 0.717) is 6.54 Å². The standard InChI is InChI=1S/C7H14N2/c1-3-7(4-2)9-6-5-8/h1,7,9H,4-6,8H2,2H3. The van der Waals surface area contributed by atoms with Crippen LogP contribution in [0.2, 0.25) is 0 Å². The first-order chi connectivity index (χ1) is 4.35. The Labute approximate surface area is 56.8 Å². The molecule has 2 heteroatoms. The molecule has 0 radical (unpaired) electrons. The highest BCUT2D eigenvalue weighted by atomic mass is 14.9. The predicted molar refractivity (Wildman–Crippen MR) is 40.0 cm³/mol. The van der Waals surface area contributed by atoms with Gasteiger partial charge in [-0.3, -0.25) is 0 Å². The van der Waals surface area contributed by atoms with Crippen LogP contribution in [0.25, 0.3) is 0 Å². The van der Waals surface area contributed by atoms with E-state index >= 15 is 0 Å². The Morgan fingerprint density at radius 1 is 1.78 bits per heavy atom. The first-order valence-corrected chi connectivity index (χ1v) is 3.24. The second kappa shape index (κ2) is 5.61. The van der Waals surface area contributed by atoms with Crippen molar-refractivity contribution in [1.29, 1.82) is 0 Å². The van der Waals surface area contributed by atoms with Crippen molar-refractivity contribution >= 4 is 0 Å². The molecule has 52 valence electrons. The SMILES string of the molecule is C#CC(CC)NCCN. The first-order valence-electron chi connectivity index (χ1n) is 3.24. The summed E-state index contributed by atoms with van der Waals surface area (Å²) < 4.78 is 0. The third-order valence-corrected chi connectivity index (χ3v) is 1.14. The lowest BCUT2D eigenvalue weighted by Gasteiger charge is -2.07. The van der Waals surface area contributed by atoms with Gasteiger partial charge in [-0.25, -0.2) is 0 Å². The Morgan fingerprint density at radius 2 is 2.44 bits per heavy atom. The van der Waals surface area contributed by atoms with Gasteiger partial charge in [0.2, 0.25) is 0 Å². The number of terminal acetylenes is 1. The van der Waals surface area contributed by atoms with E-state index in [0.717, 1.165) is 13.0 Å². The summed E-state index contributed by atoms with van der Waals surface area (Å²) in [6.45, 7) is 3.51. The Hall–Kier alpha value is -0.520. The van der Waals surface area contributed by atoms with E-state index in [1.165, 1.54) is 0 Å². The maximum absolute atomic E-state index is 5.26. The van der Waals surface area contributed by atoms with Crippen LogP contribution < -0.4 is 11.1 Å². The average Bonchev–Trinajstić information content (AvgIpc) is 1.91. The molecule has 0 aromatic carbocycles. The molecule has 1 atom stereocenters. The topological polar surface area (TPSA) is 38.0 Å². The van der Waals surface area contributed by atoms with E-state index in [9.17, 15) is 0 Å². The van der Waals surface area contributed by atoms with E-state index in [1.807, 2.05) is 6.92 Å². The first kappa shape index (κ1) is 8.48. The molecule has 0 saturated carbocycles. The Morgan fingerprint density at radius 3 is 2.78 bits per heavy atom. The molecule has 0 aliphatic rings. The lowest BCUT2D eigenvalue weighted by molar-refractivity contribution is 0.599. The second-order valence-electron chi connectivity index (χ2n) is 1.87. The van der Waals surface area contributed by atoms with Gasteiger partial charge in [0.1, 0.15) is 0 Å². The van der Waals surface area contributed by atoms with Crippen LogP contribution in [0.3, 0.4) is 0 Å². The summed E-state index contributed by atoms with van der Waals surface area (Å²) in [6.07, 6.45) is 6.14. The average molecular weight is 126 g/mol. The normalized spacial score (nSPS) is 12.6. The summed E-state index contributed by atoms with van der Waals surface area (Å²) in [5, 5.41) is 3.11. The number of hydrogen-bond donors (Lipinski definition) is 2. The molecule has 0 saturated heterocycles. The maximum atomic E-state index is 5.26. The van der Waals surface area contributed by atoms with Crippen LogP contribution in [-0.4, -0.2) is 19.1 Å². The minimum absolute atomic E-state index is 0.202. The van der Waals surface area contributed by atoms with Gasteiger partial charge in [-0.1, -0.05) is 12.8 Å². The molecular weight excluding hydrogens is 112 g/mol. The summed E-state index contributed by atoms with van der Waals surface area (Å²) in [4.78, 5) is 0. The van der Waals surface area contributed by atoms with Crippen molar-refractivity contribution in [3.05, 3.63) is 0 Å². The van der Waals surface area contributed by atoms with Crippen molar-refractivity contribution in [2.24, 2.45) is 5.73 Å². The van der Waals surface area contributed by atoms with Gasteiger partial charge in [0, 0.05) is 13.1 Å². The maximum Gasteiger partial charge on any atom is 0.0684 e. The van der Waals surface area contributed by atoms with Gasteiger partial charge >= 0.3 is 0 Å². The van der Waals surface area contributed by atoms with Crippen molar-refractivity contribution in [2.75, 3.05) is 13.1 Å². The van der Waals surface area contributed by atoms with E-state index in [4.69, 9.17) is 12.2 Å². The van der Waals surface area contributed by atoms with Gasteiger partial charge < -0.3 is 11.1 Å². The number of nitrogens with two attached hydrogens (primary N) is 1. The van der Waals surface area contributed by atoms with Crippen molar-refractivity contribution in [1.82, 2.24) is 5.32 Å². The molecule has 0 aliphatic heterocycles. The highest BCUT2D eigenvalue weighted by Gasteiger charge is 1.96. The fraction of sp³-hybridized carbons (Fsp3) is 0.714. The van der Waals surface area contributed by atoms with Gasteiger partial charge in [0.15, 0.2) is 0 Å². The van der Waals surface area contributed by atoms with Gasteiger partial charge in [-0.15, -0.1) is 6.42 Å². The highest BCUT2D eigenvalue weighted by Crippen LogP contribution is 1.84. The van der Waals surface area contributed by atoms with Crippen LogP contribution in [0.15, 0.2) is 0 Å².